The molecule has 4 rings (SSSR count). The molecular formula is C30H29NO3. The molecule has 0 radical (unpaired) electrons. The van der Waals surface area contributed by atoms with Crippen molar-refractivity contribution < 1.29 is 14.3 Å². The van der Waals surface area contributed by atoms with E-state index in [0.717, 1.165) is 45.6 Å². The minimum atomic E-state index is -0.335. The van der Waals surface area contributed by atoms with Crippen molar-refractivity contribution in [1.29, 1.82) is 0 Å². The molecule has 4 aromatic rings. The van der Waals surface area contributed by atoms with Crippen LogP contribution in [0.25, 0.3) is 28.1 Å². The molecular weight excluding hydrogens is 422 g/mol. The lowest BCUT2D eigenvalue weighted by atomic mass is 9.90. The number of fused-ring (bicyclic) bond motifs is 1. The van der Waals surface area contributed by atoms with E-state index in [9.17, 15) is 4.79 Å². The number of rotatable bonds is 8. The third-order valence-corrected chi connectivity index (χ3v) is 5.79. The summed E-state index contributed by atoms with van der Waals surface area (Å²) in [5.41, 5.74) is 7.78. The summed E-state index contributed by atoms with van der Waals surface area (Å²) in [7, 11) is 1.68. The molecule has 0 spiro atoms. The van der Waals surface area contributed by atoms with Crippen LogP contribution in [0.1, 0.15) is 42.7 Å². The van der Waals surface area contributed by atoms with Crippen LogP contribution in [-0.2, 0) is 9.53 Å². The Morgan fingerprint density at radius 2 is 1.62 bits per heavy atom. The fraction of sp³-hybridized carbons (Fsp3) is 0.167. The van der Waals surface area contributed by atoms with Crippen LogP contribution in [0.2, 0.25) is 0 Å². The Hall–Kier alpha value is -4.05. The lowest BCUT2D eigenvalue weighted by Gasteiger charge is -2.15. The van der Waals surface area contributed by atoms with Crippen LogP contribution >= 0.6 is 0 Å². The number of nitrogens with one attached hydrogen (secondary N) is 1. The first-order chi connectivity index (χ1) is 16.6. The molecule has 0 atom stereocenters. The molecule has 0 aliphatic heterocycles. The van der Waals surface area contributed by atoms with E-state index in [2.05, 4.69) is 60.4 Å². The largest absolute Gasteiger partial charge is 0.497 e. The summed E-state index contributed by atoms with van der Waals surface area (Å²) in [6.07, 6.45) is 4.10. The van der Waals surface area contributed by atoms with Gasteiger partial charge in [0, 0.05) is 28.2 Å². The van der Waals surface area contributed by atoms with Gasteiger partial charge in [0.05, 0.1) is 13.7 Å². The SMILES string of the molecule is CCOC(=O)/C=C/c1ccc(/C(=C(/CC)c2ccc(OC)cc2)c2cc3ccccc3[nH]2)cc1. The van der Waals surface area contributed by atoms with Crippen molar-refractivity contribution in [3.8, 4) is 5.75 Å². The molecule has 0 aliphatic carbocycles. The smallest absolute Gasteiger partial charge is 0.330 e. The average Bonchev–Trinajstić information content (AvgIpc) is 3.30. The van der Waals surface area contributed by atoms with Gasteiger partial charge >= 0.3 is 5.97 Å². The summed E-state index contributed by atoms with van der Waals surface area (Å²) in [5, 5.41) is 1.18. The van der Waals surface area contributed by atoms with E-state index in [0.29, 0.717) is 6.61 Å². The van der Waals surface area contributed by atoms with Gasteiger partial charge < -0.3 is 14.5 Å². The van der Waals surface area contributed by atoms with Gasteiger partial charge in [-0.05, 0) is 65.9 Å². The predicted molar refractivity (Wildman–Crippen MR) is 140 cm³/mol. The Balaban J connectivity index is 1.82. The molecule has 0 unspecified atom stereocenters. The summed E-state index contributed by atoms with van der Waals surface area (Å²) >= 11 is 0. The number of esters is 1. The molecule has 4 heteroatoms. The number of aromatic amines is 1. The molecule has 0 saturated heterocycles. The molecule has 1 heterocycles. The van der Waals surface area contributed by atoms with Crippen LogP contribution in [-0.4, -0.2) is 24.7 Å². The van der Waals surface area contributed by atoms with Gasteiger partial charge in [-0.25, -0.2) is 4.79 Å². The zero-order chi connectivity index (χ0) is 23.9. The van der Waals surface area contributed by atoms with E-state index in [1.807, 2.05) is 30.3 Å². The fourth-order valence-corrected chi connectivity index (χ4v) is 4.13. The number of hydrogen-bond acceptors (Lipinski definition) is 3. The van der Waals surface area contributed by atoms with Crippen LogP contribution in [0.4, 0.5) is 0 Å². The van der Waals surface area contributed by atoms with Crippen LogP contribution < -0.4 is 4.74 Å². The van der Waals surface area contributed by atoms with Gasteiger partial charge in [-0.2, -0.15) is 0 Å². The first-order valence-corrected chi connectivity index (χ1v) is 11.5. The molecule has 0 aliphatic rings. The topological polar surface area (TPSA) is 51.3 Å². The number of allylic oxidation sites excluding steroid dienone is 1. The second kappa shape index (κ2) is 10.7. The maximum Gasteiger partial charge on any atom is 0.330 e. The van der Waals surface area contributed by atoms with Crippen molar-refractivity contribution in [2.75, 3.05) is 13.7 Å². The number of carbonyl (C=O) groups excluding carboxylic acids is 1. The van der Waals surface area contributed by atoms with Crippen molar-refractivity contribution in [1.82, 2.24) is 4.98 Å². The van der Waals surface area contributed by atoms with Gasteiger partial charge in [-0.1, -0.05) is 61.5 Å². The van der Waals surface area contributed by atoms with Crippen LogP contribution in [0.5, 0.6) is 5.75 Å². The Labute approximate surface area is 200 Å². The highest BCUT2D eigenvalue weighted by Gasteiger charge is 2.15. The molecule has 0 saturated carbocycles. The summed E-state index contributed by atoms with van der Waals surface area (Å²) in [4.78, 5) is 15.3. The Kier molecular flexibility index (Phi) is 7.28. The maximum atomic E-state index is 11.7. The zero-order valence-electron chi connectivity index (χ0n) is 19.8. The van der Waals surface area contributed by atoms with Crippen LogP contribution in [0, 0.1) is 0 Å². The summed E-state index contributed by atoms with van der Waals surface area (Å²) in [5.74, 6) is 0.502. The van der Waals surface area contributed by atoms with Crippen molar-refractivity contribution >= 4 is 34.1 Å². The normalized spacial score (nSPS) is 12.1. The zero-order valence-corrected chi connectivity index (χ0v) is 19.8. The lowest BCUT2D eigenvalue weighted by molar-refractivity contribution is -0.137. The summed E-state index contributed by atoms with van der Waals surface area (Å²) in [6.45, 7) is 4.34. The van der Waals surface area contributed by atoms with E-state index < -0.39 is 0 Å². The number of para-hydroxylation sites is 1. The maximum absolute atomic E-state index is 11.7. The van der Waals surface area contributed by atoms with E-state index in [4.69, 9.17) is 9.47 Å². The quantitative estimate of drug-likeness (QED) is 0.176. The molecule has 0 fully saturated rings. The van der Waals surface area contributed by atoms with E-state index in [1.54, 1.807) is 20.1 Å². The second-order valence-corrected chi connectivity index (χ2v) is 7.91. The van der Waals surface area contributed by atoms with Crippen molar-refractivity contribution in [2.45, 2.75) is 20.3 Å². The van der Waals surface area contributed by atoms with Gasteiger partial charge in [0.2, 0.25) is 0 Å². The predicted octanol–water partition coefficient (Wildman–Crippen LogP) is 7.12. The number of methoxy groups -OCH3 is 1. The highest BCUT2D eigenvalue weighted by molar-refractivity contribution is 6.00. The third kappa shape index (κ3) is 5.12. The molecule has 34 heavy (non-hydrogen) atoms. The molecule has 1 N–H and O–H groups in total. The number of ether oxygens (including phenoxy) is 2. The Morgan fingerprint density at radius 1 is 0.912 bits per heavy atom. The van der Waals surface area contributed by atoms with Gasteiger partial charge in [-0.15, -0.1) is 0 Å². The standard InChI is InChI=1S/C30H29NO3/c1-4-26(22-15-17-25(33-3)18-16-22)30(28-20-24-8-6-7-9-27(24)31-28)23-13-10-21(11-14-23)12-19-29(32)34-5-2/h6-20,31H,4-5H2,1-3H3/b19-12+,30-26+. The summed E-state index contributed by atoms with van der Waals surface area (Å²) < 4.78 is 10.3. The number of benzene rings is 3. The van der Waals surface area contributed by atoms with Crippen molar-refractivity contribution in [3.05, 3.63) is 107 Å². The van der Waals surface area contributed by atoms with Crippen LogP contribution in [0.15, 0.2) is 84.9 Å². The van der Waals surface area contributed by atoms with Crippen molar-refractivity contribution in [2.24, 2.45) is 0 Å². The Bertz CT molecular complexity index is 1290. The molecule has 172 valence electrons. The minimum absolute atomic E-state index is 0.335. The second-order valence-electron chi connectivity index (χ2n) is 7.91. The molecule has 1 aromatic heterocycles. The van der Waals surface area contributed by atoms with E-state index in [-0.39, 0.29) is 5.97 Å². The minimum Gasteiger partial charge on any atom is -0.497 e. The molecule has 0 bridgehead atoms. The lowest BCUT2D eigenvalue weighted by Crippen LogP contribution is -1.98. The third-order valence-electron chi connectivity index (χ3n) is 5.79. The molecule has 3 aromatic carbocycles. The van der Waals surface area contributed by atoms with Gasteiger partial charge in [0.15, 0.2) is 0 Å². The summed E-state index contributed by atoms with van der Waals surface area (Å²) in [6, 6.07) is 27.0. The Morgan fingerprint density at radius 3 is 2.26 bits per heavy atom. The number of H-pyrrole nitrogens is 1. The van der Waals surface area contributed by atoms with Gasteiger partial charge in [0.1, 0.15) is 5.75 Å². The number of aromatic nitrogens is 1. The molecule has 4 nitrogen and oxygen atoms in total. The first-order valence-electron chi connectivity index (χ1n) is 11.5. The van der Waals surface area contributed by atoms with E-state index >= 15 is 0 Å². The van der Waals surface area contributed by atoms with Gasteiger partial charge in [-0.3, -0.25) is 0 Å². The van der Waals surface area contributed by atoms with Crippen LogP contribution in [0.3, 0.4) is 0 Å². The van der Waals surface area contributed by atoms with E-state index in [1.165, 1.54) is 17.0 Å². The average molecular weight is 452 g/mol. The van der Waals surface area contributed by atoms with Gasteiger partial charge in [0.25, 0.3) is 0 Å². The number of carbonyl (C=O) groups is 1. The number of hydrogen-bond donors (Lipinski definition) is 1. The highest BCUT2D eigenvalue weighted by atomic mass is 16.5. The molecule has 0 amide bonds. The highest BCUT2D eigenvalue weighted by Crippen LogP contribution is 2.36. The fourth-order valence-electron chi connectivity index (χ4n) is 4.13. The monoisotopic (exact) mass is 451 g/mol. The van der Waals surface area contributed by atoms with Crippen molar-refractivity contribution in [3.63, 3.8) is 0 Å². The first kappa shape index (κ1) is 23.1.